The third-order valence-corrected chi connectivity index (χ3v) is 7.86. The Morgan fingerprint density at radius 1 is 0.732 bits per heavy atom. The SMILES string of the molecule is CCCCCCc1cc(C2=CCC(C3CC=C(c4ccco4)O3)O2)oc1-c1ccc(-c2ccc(C3CC=CO3)o2)o1. The Hall–Kier alpha value is -4.26. The van der Waals surface area contributed by atoms with Crippen LogP contribution in [0.2, 0.25) is 0 Å². The van der Waals surface area contributed by atoms with Crippen LogP contribution in [-0.2, 0) is 20.6 Å². The van der Waals surface area contributed by atoms with Crippen LogP contribution in [-0.4, -0.2) is 12.2 Å². The highest BCUT2D eigenvalue weighted by Gasteiger charge is 2.34. The molecule has 0 saturated carbocycles. The molecule has 0 aliphatic carbocycles. The molecule has 3 unspecified atom stereocenters. The van der Waals surface area contributed by atoms with Gasteiger partial charge in [0.2, 0.25) is 0 Å². The molecular weight excluding hydrogens is 520 g/mol. The zero-order valence-electron chi connectivity index (χ0n) is 23.2. The molecule has 3 atom stereocenters. The summed E-state index contributed by atoms with van der Waals surface area (Å²) >= 11 is 0. The van der Waals surface area contributed by atoms with E-state index in [-0.39, 0.29) is 18.3 Å². The van der Waals surface area contributed by atoms with Crippen molar-refractivity contribution < 1.29 is 31.9 Å². The van der Waals surface area contributed by atoms with Crippen molar-refractivity contribution in [2.45, 2.75) is 76.6 Å². The van der Waals surface area contributed by atoms with Gasteiger partial charge >= 0.3 is 0 Å². The number of hydrogen-bond donors (Lipinski definition) is 0. The van der Waals surface area contributed by atoms with Crippen molar-refractivity contribution in [1.29, 1.82) is 0 Å². The molecule has 0 radical (unpaired) electrons. The lowest BCUT2D eigenvalue weighted by Crippen LogP contribution is -2.25. The van der Waals surface area contributed by atoms with E-state index in [0.717, 1.165) is 66.5 Å². The molecule has 0 N–H and O–H groups in total. The Bertz CT molecular complexity index is 1550. The average molecular weight is 555 g/mol. The van der Waals surface area contributed by atoms with E-state index >= 15 is 0 Å². The van der Waals surface area contributed by atoms with Gasteiger partial charge in [0.15, 0.2) is 52.2 Å². The molecule has 0 amide bonds. The molecule has 7 heteroatoms. The first-order chi connectivity index (χ1) is 20.2. The van der Waals surface area contributed by atoms with Crippen LogP contribution in [0.5, 0.6) is 0 Å². The fraction of sp³-hybridized carbons (Fsp3) is 0.353. The number of hydrogen-bond acceptors (Lipinski definition) is 7. The lowest BCUT2D eigenvalue weighted by Gasteiger charge is -2.20. The van der Waals surface area contributed by atoms with Gasteiger partial charge < -0.3 is 31.9 Å². The summed E-state index contributed by atoms with van der Waals surface area (Å²) in [5, 5.41) is 0. The number of unbranched alkanes of at least 4 members (excludes halogenated alkanes) is 3. The van der Waals surface area contributed by atoms with Crippen LogP contribution in [0.3, 0.4) is 0 Å². The zero-order valence-corrected chi connectivity index (χ0v) is 23.2. The van der Waals surface area contributed by atoms with Crippen LogP contribution in [0.4, 0.5) is 0 Å². The lowest BCUT2D eigenvalue weighted by atomic mass is 10.1. The molecule has 41 heavy (non-hydrogen) atoms. The predicted octanol–water partition coefficient (Wildman–Crippen LogP) is 9.45. The van der Waals surface area contributed by atoms with Crippen LogP contribution in [0.25, 0.3) is 34.6 Å². The van der Waals surface area contributed by atoms with E-state index in [1.807, 2.05) is 42.5 Å². The summed E-state index contributed by atoms with van der Waals surface area (Å²) in [6.45, 7) is 2.22. The fourth-order valence-corrected chi connectivity index (χ4v) is 5.66. The second kappa shape index (κ2) is 11.3. The Morgan fingerprint density at radius 2 is 1.51 bits per heavy atom. The second-order valence-electron chi connectivity index (χ2n) is 10.8. The quantitative estimate of drug-likeness (QED) is 0.171. The monoisotopic (exact) mass is 554 g/mol. The summed E-state index contributed by atoms with van der Waals surface area (Å²) in [6.07, 6.45) is 17.2. The maximum atomic E-state index is 6.45. The van der Waals surface area contributed by atoms with Crippen LogP contribution < -0.4 is 0 Å². The van der Waals surface area contributed by atoms with Crippen LogP contribution in [0.1, 0.15) is 80.8 Å². The highest BCUT2D eigenvalue weighted by atomic mass is 16.6. The maximum Gasteiger partial charge on any atom is 0.173 e. The van der Waals surface area contributed by atoms with Crippen molar-refractivity contribution in [1.82, 2.24) is 0 Å². The molecule has 0 bridgehead atoms. The van der Waals surface area contributed by atoms with Gasteiger partial charge in [0.1, 0.15) is 18.0 Å². The van der Waals surface area contributed by atoms with E-state index in [1.54, 1.807) is 12.5 Å². The topological polar surface area (TPSA) is 80.2 Å². The fourth-order valence-electron chi connectivity index (χ4n) is 5.66. The van der Waals surface area contributed by atoms with E-state index in [0.29, 0.717) is 23.0 Å². The lowest BCUT2D eigenvalue weighted by molar-refractivity contribution is 0.0417. The van der Waals surface area contributed by atoms with Gasteiger partial charge in [0, 0.05) is 24.8 Å². The second-order valence-corrected chi connectivity index (χ2v) is 10.8. The van der Waals surface area contributed by atoms with E-state index < -0.39 is 0 Å². The summed E-state index contributed by atoms with van der Waals surface area (Å²) in [5.74, 6) is 6.51. The third-order valence-electron chi connectivity index (χ3n) is 7.86. The molecule has 0 spiro atoms. The highest BCUT2D eigenvalue weighted by molar-refractivity contribution is 5.66. The minimum atomic E-state index is -0.0855. The summed E-state index contributed by atoms with van der Waals surface area (Å²) in [6, 6.07) is 13.6. The van der Waals surface area contributed by atoms with Gasteiger partial charge in [-0.1, -0.05) is 26.2 Å². The summed E-state index contributed by atoms with van der Waals surface area (Å²) in [7, 11) is 0. The van der Waals surface area contributed by atoms with Crippen molar-refractivity contribution in [3.63, 3.8) is 0 Å². The van der Waals surface area contributed by atoms with Crippen molar-refractivity contribution in [2.24, 2.45) is 0 Å². The predicted molar refractivity (Wildman–Crippen MR) is 153 cm³/mol. The van der Waals surface area contributed by atoms with E-state index in [4.69, 9.17) is 31.9 Å². The average Bonchev–Trinajstić information content (AvgIpc) is 3.81. The Morgan fingerprint density at radius 3 is 2.27 bits per heavy atom. The first kappa shape index (κ1) is 25.7. The first-order valence-corrected chi connectivity index (χ1v) is 14.7. The van der Waals surface area contributed by atoms with Crippen molar-refractivity contribution in [2.75, 3.05) is 0 Å². The first-order valence-electron chi connectivity index (χ1n) is 14.7. The van der Waals surface area contributed by atoms with Crippen molar-refractivity contribution in [3.8, 4) is 23.0 Å². The smallest absolute Gasteiger partial charge is 0.173 e. The molecule has 4 aromatic rings. The van der Waals surface area contributed by atoms with Crippen molar-refractivity contribution >= 4 is 11.5 Å². The van der Waals surface area contributed by atoms with Crippen LogP contribution in [0.15, 0.2) is 90.9 Å². The minimum Gasteiger partial charge on any atom is -0.490 e. The summed E-state index contributed by atoms with van der Waals surface area (Å²) in [5.41, 5.74) is 1.12. The van der Waals surface area contributed by atoms with E-state index in [2.05, 4.69) is 25.1 Å². The molecule has 7 heterocycles. The highest BCUT2D eigenvalue weighted by Crippen LogP contribution is 2.40. The zero-order chi connectivity index (χ0) is 27.6. The van der Waals surface area contributed by atoms with Gasteiger partial charge in [-0.05, 0) is 73.5 Å². The van der Waals surface area contributed by atoms with Gasteiger partial charge in [-0.3, -0.25) is 0 Å². The standard InChI is InChI=1S/C34H34O7/c1-2-3-4-5-8-22-21-33(31-16-15-28(39-31)27-13-11-25(37-27)23-9-6-19-35-23)41-34(22)32-18-17-30(40-32)29-14-12-26(38-29)24-10-7-20-36-24/h6-7,9,11-12,14,16-21,24,27-28H,2-5,8,10,13,15H2,1H3. The van der Waals surface area contributed by atoms with Crippen LogP contribution in [0, 0.1) is 0 Å². The van der Waals surface area contributed by atoms with Crippen molar-refractivity contribution in [3.05, 3.63) is 96.1 Å². The Balaban J connectivity index is 1.08. The largest absolute Gasteiger partial charge is 0.490 e. The Kier molecular flexibility index (Phi) is 7.09. The molecule has 0 fully saturated rings. The molecule has 3 aliphatic heterocycles. The van der Waals surface area contributed by atoms with Gasteiger partial charge in [-0.2, -0.15) is 0 Å². The van der Waals surface area contributed by atoms with E-state index in [9.17, 15) is 0 Å². The molecule has 7 nitrogen and oxygen atoms in total. The normalized spacial score (nSPS) is 21.5. The maximum absolute atomic E-state index is 6.45. The molecule has 0 saturated heterocycles. The van der Waals surface area contributed by atoms with Gasteiger partial charge in [0.05, 0.1) is 12.5 Å². The molecule has 0 aromatic carbocycles. The van der Waals surface area contributed by atoms with Gasteiger partial charge in [-0.25, -0.2) is 0 Å². The number of rotatable bonds is 11. The summed E-state index contributed by atoms with van der Waals surface area (Å²) < 4.78 is 42.4. The van der Waals surface area contributed by atoms with Gasteiger partial charge in [-0.15, -0.1) is 0 Å². The molecule has 7 rings (SSSR count). The third kappa shape index (κ3) is 5.29. The minimum absolute atomic E-state index is 0.0666. The number of furan rings is 4. The molecule has 4 aromatic heterocycles. The van der Waals surface area contributed by atoms with Gasteiger partial charge in [0.25, 0.3) is 0 Å². The van der Waals surface area contributed by atoms with E-state index in [1.165, 1.54) is 19.3 Å². The molecule has 3 aliphatic rings. The van der Waals surface area contributed by atoms with Crippen LogP contribution >= 0.6 is 0 Å². The number of aryl methyl sites for hydroxylation is 1. The molecule has 212 valence electrons. The number of ether oxygens (including phenoxy) is 3. The summed E-state index contributed by atoms with van der Waals surface area (Å²) in [4.78, 5) is 0. The molecular formula is C34H34O7. The Labute approximate surface area is 239 Å².